The number of amides is 2. The fourth-order valence-electron chi connectivity index (χ4n) is 1.25. The summed E-state index contributed by atoms with van der Waals surface area (Å²) in [7, 11) is 0. The molecule has 100 valence electrons. The third-order valence-corrected chi connectivity index (χ3v) is 3.23. The SMILES string of the molecule is CCc1nnc(NC(=O)N(CC)CCC(=O)O)s1. The second-order valence-electron chi connectivity index (χ2n) is 3.51. The Morgan fingerprint density at radius 2 is 2.11 bits per heavy atom. The van der Waals surface area contributed by atoms with Crippen LogP contribution in [-0.2, 0) is 11.2 Å². The van der Waals surface area contributed by atoms with Crippen LogP contribution in [-0.4, -0.2) is 45.3 Å². The third-order valence-electron chi connectivity index (χ3n) is 2.25. The first-order valence-corrected chi connectivity index (χ1v) is 6.48. The minimum Gasteiger partial charge on any atom is -0.481 e. The normalized spacial score (nSPS) is 10.1. The number of nitrogens with zero attached hydrogens (tertiary/aromatic N) is 3. The van der Waals surface area contributed by atoms with Crippen molar-refractivity contribution in [3.05, 3.63) is 5.01 Å². The zero-order valence-corrected chi connectivity index (χ0v) is 11.2. The average molecular weight is 272 g/mol. The largest absolute Gasteiger partial charge is 0.481 e. The van der Waals surface area contributed by atoms with Gasteiger partial charge in [0.05, 0.1) is 6.42 Å². The summed E-state index contributed by atoms with van der Waals surface area (Å²) in [4.78, 5) is 23.7. The number of carbonyl (C=O) groups excluding carboxylic acids is 1. The van der Waals surface area contributed by atoms with Gasteiger partial charge in [-0.1, -0.05) is 18.3 Å². The number of anilines is 1. The Balaban J connectivity index is 2.53. The van der Waals surface area contributed by atoms with Gasteiger partial charge in [-0.3, -0.25) is 10.1 Å². The Morgan fingerprint density at radius 3 is 2.61 bits per heavy atom. The summed E-state index contributed by atoms with van der Waals surface area (Å²) in [5.41, 5.74) is 0. The molecular formula is C10H16N4O3S. The van der Waals surface area contributed by atoms with E-state index >= 15 is 0 Å². The number of aryl methyl sites for hydroxylation is 1. The van der Waals surface area contributed by atoms with Crippen molar-refractivity contribution in [2.75, 3.05) is 18.4 Å². The van der Waals surface area contributed by atoms with Crippen molar-refractivity contribution in [3.8, 4) is 0 Å². The molecule has 1 aromatic heterocycles. The highest BCUT2D eigenvalue weighted by molar-refractivity contribution is 7.15. The number of carbonyl (C=O) groups is 2. The van der Waals surface area contributed by atoms with E-state index in [0.717, 1.165) is 11.4 Å². The van der Waals surface area contributed by atoms with Gasteiger partial charge >= 0.3 is 12.0 Å². The fourth-order valence-corrected chi connectivity index (χ4v) is 1.92. The van der Waals surface area contributed by atoms with E-state index in [1.54, 1.807) is 6.92 Å². The molecule has 0 aliphatic carbocycles. The minimum absolute atomic E-state index is 0.0718. The number of carboxylic acids is 1. The standard InChI is InChI=1S/C10H16N4O3S/c1-3-7-12-13-9(18-7)11-10(17)14(4-2)6-5-8(15)16/h3-6H2,1-2H3,(H,15,16)(H,11,13,17). The number of carboxylic acid groups (broad SMARTS) is 1. The van der Waals surface area contributed by atoms with Gasteiger partial charge in [0.15, 0.2) is 0 Å². The molecule has 0 bridgehead atoms. The number of nitrogens with one attached hydrogen (secondary N) is 1. The highest BCUT2D eigenvalue weighted by Gasteiger charge is 2.14. The van der Waals surface area contributed by atoms with Crippen LogP contribution in [0.5, 0.6) is 0 Å². The lowest BCUT2D eigenvalue weighted by atomic mass is 10.4. The molecule has 0 saturated carbocycles. The number of urea groups is 1. The van der Waals surface area contributed by atoms with Gasteiger partial charge in [0.1, 0.15) is 5.01 Å². The number of aliphatic carboxylic acids is 1. The van der Waals surface area contributed by atoms with E-state index in [-0.39, 0.29) is 19.0 Å². The number of hydrogen-bond acceptors (Lipinski definition) is 5. The zero-order valence-electron chi connectivity index (χ0n) is 10.3. The Labute approximate surface area is 109 Å². The summed E-state index contributed by atoms with van der Waals surface area (Å²) < 4.78 is 0. The lowest BCUT2D eigenvalue weighted by Gasteiger charge is -2.19. The molecule has 0 aromatic carbocycles. The van der Waals surface area contributed by atoms with Gasteiger partial charge in [0.25, 0.3) is 0 Å². The molecule has 2 N–H and O–H groups in total. The molecule has 0 spiro atoms. The monoisotopic (exact) mass is 272 g/mol. The highest BCUT2D eigenvalue weighted by atomic mass is 32.1. The maximum Gasteiger partial charge on any atom is 0.323 e. The van der Waals surface area contributed by atoms with E-state index in [0.29, 0.717) is 11.7 Å². The van der Waals surface area contributed by atoms with Crippen molar-refractivity contribution < 1.29 is 14.7 Å². The molecule has 0 saturated heterocycles. The Kier molecular flexibility index (Phi) is 5.50. The zero-order chi connectivity index (χ0) is 13.5. The van der Waals surface area contributed by atoms with E-state index in [1.165, 1.54) is 16.2 Å². The van der Waals surface area contributed by atoms with E-state index in [9.17, 15) is 9.59 Å². The van der Waals surface area contributed by atoms with Crippen molar-refractivity contribution in [2.24, 2.45) is 0 Å². The maximum absolute atomic E-state index is 11.8. The van der Waals surface area contributed by atoms with Crippen LogP contribution in [0.4, 0.5) is 9.93 Å². The van der Waals surface area contributed by atoms with Crippen LogP contribution < -0.4 is 5.32 Å². The Morgan fingerprint density at radius 1 is 1.39 bits per heavy atom. The molecular weight excluding hydrogens is 256 g/mol. The summed E-state index contributed by atoms with van der Waals surface area (Å²) in [6, 6.07) is -0.349. The quantitative estimate of drug-likeness (QED) is 0.816. The first-order valence-electron chi connectivity index (χ1n) is 5.66. The highest BCUT2D eigenvalue weighted by Crippen LogP contribution is 2.15. The van der Waals surface area contributed by atoms with Gasteiger partial charge < -0.3 is 10.0 Å². The van der Waals surface area contributed by atoms with Crippen molar-refractivity contribution in [3.63, 3.8) is 0 Å². The lowest BCUT2D eigenvalue weighted by molar-refractivity contribution is -0.137. The predicted molar refractivity (Wildman–Crippen MR) is 67.8 cm³/mol. The first-order chi connectivity index (χ1) is 8.56. The van der Waals surface area contributed by atoms with Crippen LogP contribution in [0, 0.1) is 0 Å². The van der Waals surface area contributed by atoms with Crippen molar-refractivity contribution in [1.29, 1.82) is 0 Å². The van der Waals surface area contributed by atoms with Crippen LogP contribution in [0.3, 0.4) is 0 Å². The van der Waals surface area contributed by atoms with Crippen LogP contribution in [0.2, 0.25) is 0 Å². The molecule has 1 heterocycles. The van der Waals surface area contributed by atoms with Crippen LogP contribution in [0.15, 0.2) is 0 Å². The minimum atomic E-state index is -0.926. The van der Waals surface area contributed by atoms with Gasteiger partial charge in [0, 0.05) is 13.1 Å². The van der Waals surface area contributed by atoms with Crippen LogP contribution in [0.25, 0.3) is 0 Å². The molecule has 1 aromatic rings. The van der Waals surface area contributed by atoms with Gasteiger partial charge in [-0.05, 0) is 13.3 Å². The van der Waals surface area contributed by atoms with Gasteiger partial charge in [-0.15, -0.1) is 10.2 Å². The fraction of sp³-hybridized carbons (Fsp3) is 0.600. The van der Waals surface area contributed by atoms with E-state index in [4.69, 9.17) is 5.11 Å². The summed E-state index contributed by atoms with van der Waals surface area (Å²) in [5.74, 6) is -0.926. The summed E-state index contributed by atoms with van der Waals surface area (Å²) >= 11 is 1.32. The van der Waals surface area contributed by atoms with Crippen molar-refractivity contribution in [1.82, 2.24) is 15.1 Å². The van der Waals surface area contributed by atoms with Crippen LogP contribution >= 0.6 is 11.3 Å². The Bertz CT molecular complexity index is 421. The first kappa shape index (κ1) is 14.4. The smallest absolute Gasteiger partial charge is 0.323 e. The number of aromatic nitrogens is 2. The van der Waals surface area contributed by atoms with Gasteiger partial charge in [0.2, 0.25) is 5.13 Å². The molecule has 0 fully saturated rings. The maximum atomic E-state index is 11.8. The van der Waals surface area contributed by atoms with E-state index in [1.807, 2.05) is 6.92 Å². The third kappa shape index (κ3) is 4.28. The Hall–Kier alpha value is -1.70. The molecule has 7 nitrogen and oxygen atoms in total. The van der Waals surface area contributed by atoms with Gasteiger partial charge in [-0.2, -0.15) is 0 Å². The topological polar surface area (TPSA) is 95.4 Å². The molecule has 18 heavy (non-hydrogen) atoms. The van der Waals surface area contributed by atoms with Crippen LogP contribution in [0.1, 0.15) is 25.3 Å². The van der Waals surface area contributed by atoms with Gasteiger partial charge in [-0.25, -0.2) is 4.79 Å². The molecule has 0 aliphatic rings. The van der Waals surface area contributed by atoms with Crippen molar-refractivity contribution >= 4 is 28.5 Å². The molecule has 0 aliphatic heterocycles. The van der Waals surface area contributed by atoms with Crippen molar-refractivity contribution in [2.45, 2.75) is 26.7 Å². The molecule has 8 heteroatoms. The molecule has 2 amide bonds. The van der Waals surface area contributed by atoms with E-state index in [2.05, 4.69) is 15.5 Å². The lowest BCUT2D eigenvalue weighted by Crippen LogP contribution is -2.36. The molecule has 0 atom stereocenters. The second-order valence-corrected chi connectivity index (χ2v) is 4.57. The summed E-state index contributed by atoms with van der Waals surface area (Å²) in [6.07, 6.45) is 0.696. The second kappa shape index (κ2) is 6.90. The van der Waals surface area contributed by atoms with E-state index < -0.39 is 5.97 Å². The average Bonchev–Trinajstić information content (AvgIpc) is 2.77. The molecule has 0 unspecified atom stereocenters. The predicted octanol–water partition coefficient (Wildman–Crippen LogP) is 1.43. The summed E-state index contributed by atoms with van der Waals surface area (Å²) in [6.45, 7) is 4.37. The molecule has 0 radical (unpaired) electrons. The molecule has 1 rings (SSSR count). The number of rotatable bonds is 6. The summed E-state index contributed by atoms with van der Waals surface area (Å²) in [5, 5.41) is 20.2. The number of hydrogen-bond donors (Lipinski definition) is 2.